The van der Waals surface area contributed by atoms with Crippen LogP contribution < -0.4 is 10.6 Å². The van der Waals surface area contributed by atoms with Gasteiger partial charge in [-0.2, -0.15) is 11.8 Å². The molecule has 0 aromatic carbocycles. The number of hydrogen-bond acceptors (Lipinski definition) is 4. The maximum Gasteiger partial charge on any atom is 0.246 e. The van der Waals surface area contributed by atoms with E-state index in [1.54, 1.807) is 0 Å². The zero-order valence-corrected chi connectivity index (χ0v) is 12.1. The van der Waals surface area contributed by atoms with Crippen LogP contribution in [0.15, 0.2) is 0 Å². The van der Waals surface area contributed by atoms with Crippen LogP contribution in [0.1, 0.15) is 32.6 Å². The Balaban J connectivity index is 1.72. The fourth-order valence-electron chi connectivity index (χ4n) is 2.61. The molecule has 1 heterocycles. The van der Waals surface area contributed by atoms with Crippen LogP contribution in [0, 0.1) is 0 Å². The van der Waals surface area contributed by atoms with Gasteiger partial charge in [0, 0.05) is 24.4 Å². The largest absolute Gasteiger partial charge is 0.363 e. The maximum absolute atomic E-state index is 11.9. The van der Waals surface area contributed by atoms with E-state index in [2.05, 4.69) is 16.9 Å². The lowest BCUT2D eigenvalue weighted by Gasteiger charge is -2.39. The lowest BCUT2D eigenvalue weighted by atomic mass is 9.95. The molecule has 4 nitrogen and oxygen atoms in total. The molecule has 2 rings (SSSR count). The fourth-order valence-corrected chi connectivity index (χ4v) is 3.55. The second-order valence-corrected chi connectivity index (χ2v) is 6.65. The first-order valence-corrected chi connectivity index (χ1v) is 8.09. The molecule has 2 N–H and O–H groups in total. The van der Waals surface area contributed by atoms with E-state index < -0.39 is 0 Å². The molecule has 5 heteroatoms. The van der Waals surface area contributed by atoms with Crippen molar-refractivity contribution in [3.63, 3.8) is 0 Å². The summed E-state index contributed by atoms with van der Waals surface area (Å²) in [4.78, 5) is 11.9. The molecule has 0 aromatic heterocycles. The van der Waals surface area contributed by atoms with Crippen LogP contribution >= 0.6 is 11.8 Å². The quantitative estimate of drug-likeness (QED) is 0.788. The highest BCUT2D eigenvalue weighted by Crippen LogP contribution is 2.27. The summed E-state index contributed by atoms with van der Waals surface area (Å²) in [6.07, 6.45) is 6.97. The molecule has 1 aliphatic heterocycles. The summed E-state index contributed by atoms with van der Waals surface area (Å²) >= 11 is 1.87. The van der Waals surface area contributed by atoms with Crippen molar-refractivity contribution in [1.82, 2.24) is 10.6 Å². The molecule has 18 heavy (non-hydrogen) atoms. The van der Waals surface area contributed by atoms with E-state index in [1.165, 1.54) is 19.3 Å². The molecule has 0 spiro atoms. The van der Waals surface area contributed by atoms with Gasteiger partial charge in [0.05, 0.1) is 5.60 Å². The average Bonchev–Trinajstić information content (AvgIpc) is 2.35. The van der Waals surface area contributed by atoms with Gasteiger partial charge in [0.2, 0.25) is 5.91 Å². The lowest BCUT2D eigenvalue weighted by Crippen LogP contribution is -2.60. The summed E-state index contributed by atoms with van der Waals surface area (Å²) in [5, 5.41) is 6.87. The molecule has 2 fully saturated rings. The van der Waals surface area contributed by atoms with Crippen molar-refractivity contribution in [2.75, 3.05) is 26.0 Å². The van der Waals surface area contributed by atoms with E-state index >= 15 is 0 Å². The molecule has 0 aromatic rings. The Kier molecular flexibility index (Phi) is 4.92. The third kappa shape index (κ3) is 3.62. The molecular formula is C13H24N2O2S. The van der Waals surface area contributed by atoms with Crippen molar-refractivity contribution in [1.29, 1.82) is 0 Å². The highest BCUT2D eigenvalue weighted by Gasteiger charge is 2.33. The zero-order chi connectivity index (χ0) is 13.0. The molecule has 104 valence electrons. The average molecular weight is 272 g/mol. The van der Waals surface area contributed by atoms with E-state index in [0.29, 0.717) is 11.3 Å². The van der Waals surface area contributed by atoms with E-state index in [-0.39, 0.29) is 18.1 Å². The predicted octanol–water partition coefficient (Wildman–Crippen LogP) is 1.16. The van der Waals surface area contributed by atoms with E-state index in [1.807, 2.05) is 18.7 Å². The van der Waals surface area contributed by atoms with Crippen molar-refractivity contribution in [3.8, 4) is 0 Å². The highest BCUT2D eigenvalue weighted by atomic mass is 32.2. The minimum absolute atomic E-state index is 0.0362. The van der Waals surface area contributed by atoms with Gasteiger partial charge in [-0.25, -0.2) is 0 Å². The summed E-state index contributed by atoms with van der Waals surface area (Å²) in [7, 11) is 0. The van der Waals surface area contributed by atoms with Crippen molar-refractivity contribution >= 4 is 17.7 Å². The fraction of sp³-hybridized carbons (Fsp3) is 0.923. The number of nitrogens with one attached hydrogen (secondary N) is 2. The summed E-state index contributed by atoms with van der Waals surface area (Å²) in [6.45, 7) is 3.92. The smallest absolute Gasteiger partial charge is 0.246 e. The van der Waals surface area contributed by atoms with Gasteiger partial charge in [-0.3, -0.25) is 4.79 Å². The Morgan fingerprint density at radius 2 is 2.17 bits per heavy atom. The van der Waals surface area contributed by atoms with Gasteiger partial charge in [-0.1, -0.05) is 12.8 Å². The number of amides is 1. The number of rotatable bonds is 5. The number of hydrogen-bond donors (Lipinski definition) is 2. The molecule has 1 saturated heterocycles. The SMILES string of the molecule is CSC1CCCCC1NC(=O)COC1(C)CNC1. The Bertz CT molecular complexity index is 295. The minimum atomic E-state index is -0.136. The predicted molar refractivity (Wildman–Crippen MR) is 74.9 cm³/mol. The molecule has 2 unspecified atom stereocenters. The standard InChI is InChI=1S/C13H24N2O2S/c1-13(8-14-9-13)17-7-12(16)15-10-5-3-4-6-11(10)18-2/h10-11,14H,3-9H2,1-2H3,(H,15,16). The molecular weight excluding hydrogens is 248 g/mol. The van der Waals surface area contributed by atoms with Gasteiger partial charge in [0.1, 0.15) is 6.61 Å². The first-order chi connectivity index (χ1) is 8.63. The van der Waals surface area contributed by atoms with Crippen molar-refractivity contribution in [3.05, 3.63) is 0 Å². The molecule has 2 atom stereocenters. The Hall–Kier alpha value is -0.260. The number of ether oxygens (including phenoxy) is 1. The maximum atomic E-state index is 11.9. The van der Waals surface area contributed by atoms with Crippen LogP contribution in [0.25, 0.3) is 0 Å². The van der Waals surface area contributed by atoms with Gasteiger partial charge in [-0.05, 0) is 26.0 Å². The van der Waals surface area contributed by atoms with E-state index in [4.69, 9.17) is 4.74 Å². The first kappa shape index (κ1) is 14.2. The van der Waals surface area contributed by atoms with Crippen molar-refractivity contribution in [2.24, 2.45) is 0 Å². The third-order valence-corrected chi connectivity index (χ3v) is 5.07. The van der Waals surface area contributed by atoms with Crippen LogP contribution in [0.5, 0.6) is 0 Å². The number of thioether (sulfide) groups is 1. The monoisotopic (exact) mass is 272 g/mol. The first-order valence-electron chi connectivity index (χ1n) is 6.80. The van der Waals surface area contributed by atoms with Gasteiger partial charge in [0.15, 0.2) is 0 Å². The van der Waals surface area contributed by atoms with Crippen LogP contribution in [-0.4, -0.2) is 48.8 Å². The molecule has 1 aliphatic carbocycles. The summed E-state index contributed by atoms with van der Waals surface area (Å²) in [5.74, 6) is 0.0362. The normalized spacial score (nSPS) is 30.6. The van der Waals surface area contributed by atoms with Crippen molar-refractivity contribution < 1.29 is 9.53 Å². The van der Waals surface area contributed by atoms with E-state index in [9.17, 15) is 4.79 Å². The Morgan fingerprint density at radius 1 is 1.44 bits per heavy atom. The van der Waals surface area contributed by atoms with Crippen LogP contribution in [-0.2, 0) is 9.53 Å². The molecule has 1 amide bonds. The van der Waals surface area contributed by atoms with Crippen LogP contribution in [0.4, 0.5) is 0 Å². The van der Waals surface area contributed by atoms with Gasteiger partial charge < -0.3 is 15.4 Å². The van der Waals surface area contributed by atoms with Gasteiger partial charge in [-0.15, -0.1) is 0 Å². The zero-order valence-electron chi connectivity index (χ0n) is 11.3. The minimum Gasteiger partial charge on any atom is -0.363 e. The molecule has 1 saturated carbocycles. The topological polar surface area (TPSA) is 50.4 Å². The highest BCUT2D eigenvalue weighted by molar-refractivity contribution is 7.99. The van der Waals surface area contributed by atoms with Gasteiger partial charge in [0.25, 0.3) is 0 Å². The molecule has 0 bridgehead atoms. The molecule has 2 aliphatic rings. The van der Waals surface area contributed by atoms with Crippen molar-refractivity contribution in [2.45, 2.75) is 49.5 Å². The number of carbonyl (C=O) groups excluding carboxylic acids is 1. The van der Waals surface area contributed by atoms with Gasteiger partial charge >= 0.3 is 0 Å². The lowest BCUT2D eigenvalue weighted by molar-refractivity contribution is -0.136. The van der Waals surface area contributed by atoms with Crippen LogP contribution in [0.3, 0.4) is 0 Å². The third-order valence-electron chi connectivity index (χ3n) is 3.90. The second-order valence-electron chi connectivity index (χ2n) is 5.57. The molecule has 0 radical (unpaired) electrons. The van der Waals surface area contributed by atoms with E-state index in [0.717, 1.165) is 19.5 Å². The van der Waals surface area contributed by atoms with Crippen LogP contribution in [0.2, 0.25) is 0 Å². The summed E-state index contributed by atoms with van der Waals surface area (Å²) in [6, 6.07) is 0.331. The Morgan fingerprint density at radius 3 is 2.78 bits per heavy atom. The summed E-state index contributed by atoms with van der Waals surface area (Å²) < 4.78 is 5.66. The number of carbonyl (C=O) groups is 1. The summed E-state index contributed by atoms with van der Waals surface area (Å²) in [5.41, 5.74) is -0.136. The Labute approximate surface area is 114 Å². The second kappa shape index (κ2) is 6.26.